The molecule has 0 aliphatic carbocycles. The van der Waals surface area contributed by atoms with Crippen LogP contribution in [-0.2, 0) is 28.7 Å². The lowest BCUT2D eigenvalue weighted by atomic mass is 9.86. The van der Waals surface area contributed by atoms with Crippen LogP contribution in [0.25, 0.3) is 0 Å². The lowest BCUT2D eigenvalue weighted by Crippen LogP contribution is -2.38. The predicted molar refractivity (Wildman–Crippen MR) is 131 cm³/mol. The van der Waals surface area contributed by atoms with Crippen molar-refractivity contribution in [1.82, 2.24) is 5.32 Å². The maximum Gasteiger partial charge on any atom is 0.331 e. The van der Waals surface area contributed by atoms with Crippen LogP contribution >= 0.6 is 0 Å². The number of esters is 1. The van der Waals surface area contributed by atoms with E-state index in [2.05, 4.69) is 5.32 Å². The van der Waals surface area contributed by atoms with Gasteiger partial charge in [-0.3, -0.25) is 19.7 Å². The number of aliphatic hydroxyl groups excluding tert-OH is 1. The van der Waals surface area contributed by atoms with Crippen molar-refractivity contribution in [3.63, 3.8) is 0 Å². The van der Waals surface area contributed by atoms with Crippen molar-refractivity contribution in [2.45, 2.75) is 84.0 Å². The smallest absolute Gasteiger partial charge is 0.331 e. The monoisotopic (exact) mass is 489 g/mol. The number of carbonyl (C=O) groups is 4. The molecule has 2 rings (SSSR count). The first-order valence-electron chi connectivity index (χ1n) is 12.4. The summed E-state index contributed by atoms with van der Waals surface area (Å²) in [5.41, 5.74) is 0.685. The van der Waals surface area contributed by atoms with E-state index in [4.69, 9.17) is 9.47 Å². The molecule has 1 fully saturated rings. The van der Waals surface area contributed by atoms with E-state index in [9.17, 15) is 24.3 Å². The number of hydrogen-bond acceptors (Lipinski definition) is 7. The highest BCUT2D eigenvalue weighted by Gasteiger charge is 2.31. The summed E-state index contributed by atoms with van der Waals surface area (Å²) in [5, 5.41) is 13.1. The van der Waals surface area contributed by atoms with Gasteiger partial charge in [-0.1, -0.05) is 38.2 Å². The van der Waals surface area contributed by atoms with Crippen LogP contribution in [0.1, 0.15) is 65.7 Å². The normalized spacial score (nSPS) is 31.3. The average molecular weight is 490 g/mol. The average Bonchev–Trinajstić information content (AvgIpc) is 2.79. The van der Waals surface area contributed by atoms with E-state index in [1.54, 1.807) is 27.0 Å². The molecule has 0 aromatic heterocycles. The molecule has 0 aromatic rings. The highest BCUT2D eigenvalue weighted by molar-refractivity contribution is 5.97. The molecule has 2 aliphatic rings. The Kier molecular flexibility index (Phi) is 11.5. The summed E-state index contributed by atoms with van der Waals surface area (Å²) < 4.78 is 11.1. The minimum absolute atomic E-state index is 0.0524. The molecule has 8 nitrogen and oxygen atoms in total. The molecule has 8 heteroatoms. The van der Waals surface area contributed by atoms with Crippen molar-refractivity contribution in [3.05, 3.63) is 36.0 Å². The molecule has 0 radical (unpaired) electrons. The zero-order valence-corrected chi connectivity index (χ0v) is 21.2. The van der Waals surface area contributed by atoms with Crippen molar-refractivity contribution < 1.29 is 33.8 Å². The first kappa shape index (κ1) is 28.7. The summed E-state index contributed by atoms with van der Waals surface area (Å²) in [6.45, 7) is 5.39. The second-order valence-electron chi connectivity index (χ2n) is 9.62. The molecule has 2 amide bonds. The third kappa shape index (κ3) is 9.18. The maximum absolute atomic E-state index is 13.0. The van der Waals surface area contributed by atoms with E-state index in [1.807, 2.05) is 25.2 Å². The van der Waals surface area contributed by atoms with E-state index < -0.39 is 30.2 Å². The Morgan fingerprint density at radius 2 is 1.86 bits per heavy atom. The number of rotatable bonds is 7. The van der Waals surface area contributed by atoms with Crippen molar-refractivity contribution in [3.8, 4) is 0 Å². The molecular formula is C27H39NO7. The van der Waals surface area contributed by atoms with Gasteiger partial charge in [-0.2, -0.15) is 0 Å². The van der Waals surface area contributed by atoms with Crippen molar-refractivity contribution in [2.24, 2.45) is 17.8 Å². The summed E-state index contributed by atoms with van der Waals surface area (Å²) in [5.74, 6) is -2.06. The first-order chi connectivity index (χ1) is 16.6. The number of hydrogen-bond donors (Lipinski definition) is 2. The van der Waals surface area contributed by atoms with E-state index in [-0.39, 0.29) is 35.9 Å². The molecule has 0 bridgehead atoms. The Labute approximate surface area is 207 Å². The summed E-state index contributed by atoms with van der Waals surface area (Å²) in [6.07, 6.45) is 9.96. The number of carbonyl (C=O) groups excluding carboxylic acids is 4. The third-order valence-electron chi connectivity index (χ3n) is 6.67. The Hall–Kier alpha value is -2.58. The quantitative estimate of drug-likeness (QED) is 0.320. The standard InChI is InChI=1S/C27H39NO7/c1-17-14-18(2)27(35-25(32)13-8-6-5-7-12-22(34-4)26(17)33)19(3)21(29)11-9-10-20-15-23(30)28-24(31)16-20/h7-8,12-14,17,19-20,22,26-27,33H,5-6,9-11,15-16H2,1-4H3,(H,28,30,31)/b12-7-,13-8-,18-14+. The van der Waals surface area contributed by atoms with Crippen molar-refractivity contribution >= 4 is 23.6 Å². The summed E-state index contributed by atoms with van der Waals surface area (Å²) >= 11 is 0. The Bertz CT molecular complexity index is 844. The fourth-order valence-corrected chi connectivity index (χ4v) is 4.61. The zero-order chi connectivity index (χ0) is 26.0. The molecule has 2 heterocycles. The van der Waals surface area contributed by atoms with Gasteiger partial charge in [0, 0.05) is 38.4 Å². The van der Waals surface area contributed by atoms with Crippen LogP contribution < -0.4 is 5.32 Å². The molecule has 0 spiro atoms. The number of ether oxygens (including phenoxy) is 2. The van der Waals surface area contributed by atoms with Gasteiger partial charge < -0.3 is 14.6 Å². The highest BCUT2D eigenvalue weighted by Crippen LogP contribution is 2.25. The molecule has 35 heavy (non-hydrogen) atoms. The van der Waals surface area contributed by atoms with Crippen LogP contribution in [0, 0.1) is 17.8 Å². The largest absolute Gasteiger partial charge is 0.454 e. The minimum Gasteiger partial charge on any atom is -0.454 e. The van der Waals surface area contributed by atoms with Crippen LogP contribution in [0.5, 0.6) is 0 Å². The minimum atomic E-state index is -0.803. The van der Waals surface area contributed by atoms with E-state index in [1.165, 1.54) is 6.08 Å². The number of imide groups is 1. The lowest BCUT2D eigenvalue weighted by molar-refractivity contribution is -0.145. The first-order valence-corrected chi connectivity index (χ1v) is 12.4. The summed E-state index contributed by atoms with van der Waals surface area (Å²) in [7, 11) is 1.55. The summed E-state index contributed by atoms with van der Waals surface area (Å²) in [6, 6.07) is 0. The number of Topliss-reactive ketones (excluding diaryl/α,β-unsaturated/α-hetero) is 1. The molecule has 194 valence electrons. The fraction of sp³-hybridized carbons (Fsp3) is 0.630. The highest BCUT2D eigenvalue weighted by atomic mass is 16.5. The number of methoxy groups -OCH3 is 1. The van der Waals surface area contributed by atoms with Crippen LogP contribution in [0.3, 0.4) is 0 Å². The predicted octanol–water partition coefficient (Wildman–Crippen LogP) is 3.19. The number of ketones is 1. The van der Waals surface area contributed by atoms with Crippen LogP contribution in [0.4, 0.5) is 0 Å². The Morgan fingerprint density at radius 3 is 2.51 bits per heavy atom. The topological polar surface area (TPSA) is 119 Å². The van der Waals surface area contributed by atoms with E-state index >= 15 is 0 Å². The number of cyclic esters (lactones) is 1. The molecular weight excluding hydrogens is 450 g/mol. The van der Waals surface area contributed by atoms with E-state index in [0.29, 0.717) is 44.1 Å². The molecule has 1 saturated heterocycles. The van der Waals surface area contributed by atoms with Crippen molar-refractivity contribution in [1.29, 1.82) is 0 Å². The number of aliphatic hydroxyl groups is 1. The van der Waals surface area contributed by atoms with Gasteiger partial charge in [0.25, 0.3) is 0 Å². The number of amides is 2. The number of allylic oxidation sites excluding steroid dienone is 2. The number of piperidine rings is 1. The zero-order valence-electron chi connectivity index (χ0n) is 21.2. The van der Waals surface area contributed by atoms with Gasteiger partial charge in [-0.15, -0.1) is 0 Å². The summed E-state index contributed by atoms with van der Waals surface area (Å²) in [4.78, 5) is 48.6. The van der Waals surface area contributed by atoms with Gasteiger partial charge >= 0.3 is 5.97 Å². The van der Waals surface area contributed by atoms with Gasteiger partial charge in [0.05, 0.1) is 12.0 Å². The van der Waals surface area contributed by atoms with Crippen LogP contribution in [0.15, 0.2) is 36.0 Å². The molecule has 5 unspecified atom stereocenters. The van der Waals surface area contributed by atoms with Gasteiger partial charge in [0.2, 0.25) is 11.8 Å². The van der Waals surface area contributed by atoms with E-state index in [0.717, 1.165) is 0 Å². The maximum atomic E-state index is 13.0. The van der Waals surface area contributed by atoms with Crippen LogP contribution in [0.2, 0.25) is 0 Å². The van der Waals surface area contributed by atoms with Gasteiger partial charge in [-0.25, -0.2) is 4.79 Å². The second kappa shape index (κ2) is 14.1. The van der Waals surface area contributed by atoms with Gasteiger partial charge in [-0.05, 0) is 44.1 Å². The lowest BCUT2D eigenvalue weighted by Gasteiger charge is -2.27. The molecule has 2 aliphatic heterocycles. The SMILES string of the molecule is COC1/C=C\CC/C=C\C(=O)OC(C(C)C(=O)CCCC2CC(=O)NC(=O)C2)/C(C)=C/C(C)C1O. The van der Waals surface area contributed by atoms with Gasteiger partial charge in [0.1, 0.15) is 18.0 Å². The molecule has 2 N–H and O–H groups in total. The molecule has 0 aromatic carbocycles. The number of nitrogens with one attached hydrogen (secondary N) is 1. The molecule has 5 atom stereocenters. The fourth-order valence-electron chi connectivity index (χ4n) is 4.61. The van der Waals surface area contributed by atoms with Crippen LogP contribution in [-0.4, -0.2) is 54.1 Å². The van der Waals surface area contributed by atoms with Crippen molar-refractivity contribution in [2.75, 3.05) is 7.11 Å². The molecule has 0 saturated carbocycles. The third-order valence-corrected chi connectivity index (χ3v) is 6.67. The second-order valence-corrected chi connectivity index (χ2v) is 9.62. The van der Waals surface area contributed by atoms with Gasteiger partial charge in [0.15, 0.2) is 0 Å². The Morgan fingerprint density at radius 1 is 1.20 bits per heavy atom. The Balaban J connectivity index is 2.11.